The van der Waals surface area contributed by atoms with Crippen LogP contribution in [0.2, 0.25) is 0 Å². The maximum absolute atomic E-state index is 9.14. The zero-order valence-corrected chi connectivity index (χ0v) is 9.08. The summed E-state index contributed by atoms with van der Waals surface area (Å²) in [5, 5.41) is 18.3. The zero-order chi connectivity index (χ0) is 10.4. The van der Waals surface area contributed by atoms with E-state index < -0.39 is 0 Å². The Hall–Kier alpha value is -0.340. The Kier molecular flexibility index (Phi) is 5.20. The van der Waals surface area contributed by atoms with E-state index in [9.17, 15) is 0 Å². The van der Waals surface area contributed by atoms with Crippen molar-refractivity contribution in [3.63, 3.8) is 0 Å². The van der Waals surface area contributed by atoms with Crippen molar-refractivity contribution in [3.05, 3.63) is 11.6 Å². The third-order valence-corrected chi connectivity index (χ3v) is 3.00. The number of aliphatic hydroxyl groups is 2. The lowest BCUT2D eigenvalue weighted by atomic mass is 9.81. The smallest absolute Gasteiger partial charge is 0.0494 e. The lowest BCUT2D eigenvalue weighted by Crippen LogP contribution is -2.19. The van der Waals surface area contributed by atoms with Gasteiger partial charge in [-0.2, -0.15) is 0 Å². The number of hydrogen-bond acceptors (Lipinski definition) is 2. The third-order valence-electron chi connectivity index (χ3n) is 3.00. The summed E-state index contributed by atoms with van der Waals surface area (Å²) in [5.74, 6) is 0.664. The molecule has 2 N–H and O–H groups in total. The molecule has 2 atom stereocenters. The molecule has 2 nitrogen and oxygen atoms in total. The first-order valence-electron chi connectivity index (χ1n) is 5.71. The van der Waals surface area contributed by atoms with Gasteiger partial charge in [0.1, 0.15) is 0 Å². The van der Waals surface area contributed by atoms with Crippen molar-refractivity contribution in [2.45, 2.75) is 39.0 Å². The highest BCUT2D eigenvalue weighted by atomic mass is 16.3. The van der Waals surface area contributed by atoms with Gasteiger partial charge in [-0.05, 0) is 31.6 Å². The molecule has 0 aliphatic heterocycles. The highest BCUT2D eigenvalue weighted by molar-refractivity contribution is 5.09. The van der Waals surface area contributed by atoms with Gasteiger partial charge in [-0.15, -0.1) is 0 Å². The summed E-state index contributed by atoms with van der Waals surface area (Å²) in [7, 11) is 0. The van der Waals surface area contributed by atoms with Gasteiger partial charge in [-0.25, -0.2) is 0 Å². The van der Waals surface area contributed by atoms with Crippen LogP contribution in [0.5, 0.6) is 0 Å². The number of hydrogen-bond donors (Lipinski definition) is 2. The van der Waals surface area contributed by atoms with E-state index in [1.54, 1.807) is 0 Å². The van der Waals surface area contributed by atoms with E-state index in [-0.39, 0.29) is 19.1 Å². The summed E-state index contributed by atoms with van der Waals surface area (Å²) in [5.41, 5.74) is 1.44. The molecule has 0 fully saturated rings. The van der Waals surface area contributed by atoms with Crippen molar-refractivity contribution in [1.82, 2.24) is 0 Å². The van der Waals surface area contributed by atoms with E-state index in [0.717, 1.165) is 19.3 Å². The minimum Gasteiger partial charge on any atom is -0.396 e. The molecule has 82 valence electrons. The van der Waals surface area contributed by atoms with Gasteiger partial charge < -0.3 is 10.2 Å². The van der Waals surface area contributed by atoms with Gasteiger partial charge in [0.05, 0.1) is 0 Å². The lowest BCUT2D eigenvalue weighted by molar-refractivity contribution is 0.169. The first-order chi connectivity index (χ1) is 6.80. The van der Waals surface area contributed by atoms with Gasteiger partial charge in [0, 0.05) is 19.1 Å². The maximum Gasteiger partial charge on any atom is 0.0494 e. The quantitative estimate of drug-likeness (QED) is 0.664. The summed E-state index contributed by atoms with van der Waals surface area (Å²) < 4.78 is 0. The zero-order valence-electron chi connectivity index (χ0n) is 9.08. The topological polar surface area (TPSA) is 40.5 Å². The summed E-state index contributed by atoms with van der Waals surface area (Å²) in [6.45, 7) is 2.68. The average molecular weight is 198 g/mol. The third kappa shape index (κ3) is 3.43. The van der Waals surface area contributed by atoms with Crippen LogP contribution in [0.1, 0.15) is 39.0 Å². The van der Waals surface area contributed by atoms with E-state index in [4.69, 9.17) is 10.2 Å². The molecular formula is C12H22O2. The molecule has 0 saturated carbocycles. The molecule has 2 heteroatoms. The Labute approximate surface area is 86.6 Å². The first kappa shape index (κ1) is 11.7. The Morgan fingerprint density at radius 3 is 2.71 bits per heavy atom. The molecule has 0 radical (unpaired) electrons. The predicted octanol–water partition coefficient (Wildman–Crippen LogP) is 2.11. The summed E-state index contributed by atoms with van der Waals surface area (Å²) in [6.07, 6.45) is 7.79. The molecule has 0 aromatic rings. The van der Waals surface area contributed by atoms with Crippen LogP contribution in [0.3, 0.4) is 0 Å². The molecule has 0 saturated heterocycles. The monoisotopic (exact) mass is 198 g/mol. The largest absolute Gasteiger partial charge is 0.396 e. The molecule has 0 amide bonds. The predicted molar refractivity (Wildman–Crippen MR) is 58.0 cm³/mol. The molecule has 0 spiro atoms. The standard InChI is InChI=1S/C12H22O2/c1-2-3-4-10-5-11(8-13)7-12(6-10)9-14/h5,11-14H,2-4,6-9H2,1H3/t11-,12+/m1/s1. The van der Waals surface area contributed by atoms with Crippen molar-refractivity contribution >= 4 is 0 Å². The van der Waals surface area contributed by atoms with Gasteiger partial charge in [0.15, 0.2) is 0 Å². The minimum absolute atomic E-state index is 0.228. The Morgan fingerprint density at radius 2 is 2.14 bits per heavy atom. The highest BCUT2D eigenvalue weighted by Gasteiger charge is 2.20. The molecule has 1 aliphatic rings. The van der Waals surface area contributed by atoms with Crippen LogP contribution in [0, 0.1) is 11.8 Å². The van der Waals surface area contributed by atoms with E-state index >= 15 is 0 Å². The lowest BCUT2D eigenvalue weighted by Gasteiger charge is -2.26. The Balaban J connectivity index is 2.49. The Bertz CT molecular complexity index is 187. The second-order valence-corrected chi connectivity index (χ2v) is 4.36. The Morgan fingerprint density at radius 1 is 1.36 bits per heavy atom. The van der Waals surface area contributed by atoms with Gasteiger partial charge in [-0.3, -0.25) is 0 Å². The molecule has 0 aromatic heterocycles. The molecule has 0 bridgehead atoms. The van der Waals surface area contributed by atoms with Crippen molar-refractivity contribution < 1.29 is 10.2 Å². The average Bonchev–Trinajstić information content (AvgIpc) is 2.25. The van der Waals surface area contributed by atoms with Crippen LogP contribution < -0.4 is 0 Å². The van der Waals surface area contributed by atoms with Crippen LogP contribution in [0.25, 0.3) is 0 Å². The number of unbranched alkanes of at least 4 members (excludes halogenated alkanes) is 1. The number of allylic oxidation sites excluding steroid dienone is 1. The summed E-state index contributed by atoms with van der Waals surface area (Å²) in [4.78, 5) is 0. The molecule has 0 unspecified atom stereocenters. The summed E-state index contributed by atoms with van der Waals surface area (Å²) >= 11 is 0. The van der Waals surface area contributed by atoms with Crippen molar-refractivity contribution in [3.8, 4) is 0 Å². The maximum atomic E-state index is 9.14. The fourth-order valence-corrected chi connectivity index (χ4v) is 2.21. The normalized spacial score (nSPS) is 27.5. The van der Waals surface area contributed by atoms with Gasteiger partial charge in [0.25, 0.3) is 0 Å². The van der Waals surface area contributed by atoms with Crippen molar-refractivity contribution in [2.24, 2.45) is 11.8 Å². The second kappa shape index (κ2) is 6.20. The SMILES string of the molecule is CCCCC1=C[C@@H](CO)C[C@@H](CO)C1. The van der Waals surface area contributed by atoms with Crippen LogP contribution in [-0.4, -0.2) is 23.4 Å². The number of aliphatic hydroxyl groups excluding tert-OH is 2. The van der Waals surface area contributed by atoms with Crippen molar-refractivity contribution in [1.29, 1.82) is 0 Å². The molecule has 0 heterocycles. The van der Waals surface area contributed by atoms with Crippen LogP contribution >= 0.6 is 0 Å². The fraction of sp³-hybridized carbons (Fsp3) is 0.833. The highest BCUT2D eigenvalue weighted by Crippen LogP contribution is 2.30. The summed E-state index contributed by atoms with van der Waals surface area (Å²) in [6, 6.07) is 0. The van der Waals surface area contributed by atoms with Gasteiger partial charge in [-0.1, -0.05) is 25.0 Å². The van der Waals surface area contributed by atoms with Gasteiger partial charge in [0.2, 0.25) is 0 Å². The van der Waals surface area contributed by atoms with E-state index in [2.05, 4.69) is 13.0 Å². The van der Waals surface area contributed by atoms with Crippen LogP contribution in [0.15, 0.2) is 11.6 Å². The molecule has 1 rings (SSSR count). The fourth-order valence-electron chi connectivity index (χ4n) is 2.21. The number of rotatable bonds is 5. The molecule has 14 heavy (non-hydrogen) atoms. The van der Waals surface area contributed by atoms with Crippen molar-refractivity contribution in [2.75, 3.05) is 13.2 Å². The molecular weight excluding hydrogens is 176 g/mol. The van der Waals surface area contributed by atoms with Gasteiger partial charge >= 0.3 is 0 Å². The first-order valence-corrected chi connectivity index (χ1v) is 5.71. The van der Waals surface area contributed by atoms with E-state index in [0.29, 0.717) is 5.92 Å². The molecule has 1 aliphatic carbocycles. The minimum atomic E-state index is 0.228. The van der Waals surface area contributed by atoms with Crippen LogP contribution in [-0.2, 0) is 0 Å². The van der Waals surface area contributed by atoms with E-state index in [1.807, 2.05) is 0 Å². The molecule has 0 aromatic carbocycles. The van der Waals surface area contributed by atoms with Crippen LogP contribution in [0.4, 0.5) is 0 Å². The second-order valence-electron chi connectivity index (χ2n) is 4.36. The van der Waals surface area contributed by atoms with E-state index in [1.165, 1.54) is 18.4 Å².